The minimum absolute atomic E-state index is 0.0179. The Morgan fingerprint density at radius 3 is 2.59 bits per heavy atom. The summed E-state index contributed by atoms with van der Waals surface area (Å²) in [6, 6.07) is 2.18. The molecule has 5 atom stereocenters. The van der Waals surface area contributed by atoms with E-state index in [1.165, 1.54) is 13.0 Å². The van der Waals surface area contributed by atoms with Crippen molar-refractivity contribution in [3.8, 4) is 5.75 Å². The molecule has 1 aromatic carbocycles. The van der Waals surface area contributed by atoms with Gasteiger partial charge in [0.1, 0.15) is 29.4 Å². The number of likely N-dealkylation sites (N-methyl/N-ethyl adjacent to an activating group) is 1. The van der Waals surface area contributed by atoms with Crippen molar-refractivity contribution in [1.82, 2.24) is 10.4 Å². The third-order valence-electron chi connectivity index (χ3n) is 7.85. The molecule has 198 valence electrons. The molecule has 1 saturated heterocycles. The highest BCUT2D eigenvalue weighted by Gasteiger charge is 2.85. The highest BCUT2D eigenvalue weighted by atomic mass is 16.8. The van der Waals surface area contributed by atoms with Crippen molar-refractivity contribution in [3.63, 3.8) is 0 Å². The van der Waals surface area contributed by atoms with Crippen LogP contribution in [0, 0.1) is 11.8 Å². The summed E-state index contributed by atoms with van der Waals surface area (Å²) in [5.41, 5.74) is 7.00. The minimum Gasteiger partial charge on any atom is -0.510 e. The van der Waals surface area contributed by atoms with E-state index in [2.05, 4.69) is 5.48 Å². The number of hydrogen-bond acceptors (Lipinski definition) is 11. The number of primary amides is 1. The number of aromatic hydroxyl groups is 1. The number of benzene rings is 1. The second-order valence-electron chi connectivity index (χ2n) is 10.3. The maximum absolute atomic E-state index is 14.0. The molecule has 1 unspecified atom stereocenters. The highest BCUT2D eigenvalue weighted by Crippen LogP contribution is 2.67. The Morgan fingerprint density at radius 1 is 1.27 bits per heavy atom. The summed E-state index contributed by atoms with van der Waals surface area (Å²) in [6.07, 6.45) is 0.478. The number of fused-ring (bicyclic) bond motifs is 2. The molecule has 1 heterocycles. The molecule has 0 bridgehead atoms. The van der Waals surface area contributed by atoms with Crippen LogP contribution in [0.3, 0.4) is 0 Å². The van der Waals surface area contributed by atoms with Crippen molar-refractivity contribution in [2.75, 3.05) is 20.7 Å². The average molecular weight is 516 g/mol. The zero-order chi connectivity index (χ0) is 27.0. The lowest BCUT2D eigenvalue weighted by Crippen LogP contribution is -2.60. The molecule has 0 radical (unpaired) electrons. The zero-order valence-electron chi connectivity index (χ0n) is 20.6. The van der Waals surface area contributed by atoms with Gasteiger partial charge in [-0.15, -0.1) is 0 Å². The number of epoxide rings is 1. The minimum atomic E-state index is -2.42. The molecule has 37 heavy (non-hydrogen) atoms. The van der Waals surface area contributed by atoms with Gasteiger partial charge in [-0.3, -0.25) is 24.1 Å². The number of nitrogens with zero attached hydrogens (tertiary/aromatic N) is 1. The Hall–Kier alpha value is -3.29. The molecule has 12 nitrogen and oxygen atoms in total. The van der Waals surface area contributed by atoms with E-state index >= 15 is 0 Å². The Balaban J connectivity index is 1.59. The van der Waals surface area contributed by atoms with E-state index < -0.39 is 58.0 Å². The van der Waals surface area contributed by atoms with Crippen LogP contribution in [0.2, 0.25) is 0 Å². The van der Waals surface area contributed by atoms with E-state index in [4.69, 9.17) is 15.3 Å². The highest BCUT2D eigenvalue weighted by molar-refractivity contribution is 6.14. The van der Waals surface area contributed by atoms with Gasteiger partial charge in [-0.05, 0) is 57.0 Å². The molecule has 5 rings (SSSR count). The summed E-state index contributed by atoms with van der Waals surface area (Å²) in [5.74, 6) is -6.85. The smallest absolute Gasteiger partial charge is 0.253 e. The summed E-state index contributed by atoms with van der Waals surface area (Å²) in [5, 5.41) is 44.1. The first-order valence-corrected chi connectivity index (χ1v) is 11.8. The van der Waals surface area contributed by atoms with Gasteiger partial charge in [0.15, 0.2) is 11.4 Å². The van der Waals surface area contributed by atoms with Crippen LogP contribution in [0.1, 0.15) is 30.0 Å². The third-order valence-corrected chi connectivity index (χ3v) is 7.85. The van der Waals surface area contributed by atoms with Crippen LogP contribution in [0.4, 0.5) is 0 Å². The Kier molecular flexibility index (Phi) is 5.73. The van der Waals surface area contributed by atoms with Crippen LogP contribution in [0.15, 0.2) is 29.0 Å². The lowest BCUT2D eigenvalue weighted by molar-refractivity contribution is -0.127. The molecule has 2 fully saturated rings. The lowest BCUT2D eigenvalue weighted by Gasteiger charge is -2.46. The number of hydroxylamine groups is 1. The monoisotopic (exact) mass is 515 g/mol. The van der Waals surface area contributed by atoms with Crippen molar-refractivity contribution < 1.29 is 44.4 Å². The number of rotatable bonds is 7. The fourth-order valence-corrected chi connectivity index (χ4v) is 6.37. The van der Waals surface area contributed by atoms with Crippen molar-refractivity contribution in [1.29, 1.82) is 0 Å². The summed E-state index contributed by atoms with van der Waals surface area (Å²) < 4.78 is 5.62. The number of nitrogens with two attached hydrogens (primary N) is 1. The maximum Gasteiger partial charge on any atom is 0.253 e. The first-order chi connectivity index (χ1) is 17.4. The third kappa shape index (κ3) is 3.37. The second-order valence-corrected chi connectivity index (χ2v) is 10.3. The van der Waals surface area contributed by atoms with Crippen LogP contribution in [-0.4, -0.2) is 80.9 Å². The van der Waals surface area contributed by atoms with Crippen LogP contribution >= 0.6 is 0 Å². The van der Waals surface area contributed by atoms with Crippen molar-refractivity contribution in [2.24, 2.45) is 17.6 Å². The first kappa shape index (κ1) is 25.4. The number of carbonyl (C=O) groups is 3. The van der Waals surface area contributed by atoms with Crippen LogP contribution < -0.4 is 11.2 Å². The van der Waals surface area contributed by atoms with Gasteiger partial charge in [-0.25, -0.2) is 0 Å². The first-order valence-electron chi connectivity index (χ1n) is 11.8. The number of amides is 1. The normalized spacial score (nSPS) is 32.0. The number of phenolic OH excluding ortho intramolecular Hbond substituents is 1. The summed E-state index contributed by atoms with van der Waals surface area (Å²) in [7, 11) is 3.32. The van der Waals surface area contributed by atoms with E-state index in [-0.39, 0.29) is 48.7 Å². The summed E-state index contributed by atoms with van der Waals surface area (Å²) in [6.45, 7) is 1.43. The van der Waals surface area contributed by atoms with Crippen molar-refractivity contribution in [2.45, 2.75) is 43.7 Å². The Labute approximate surface area is 211 Å². The van der Waals surface area contributed by atoms with Gasteiger partial charge in [0, 0.05) is 18.0 Å². The van der Waals surface area contributed by atoms with Gasteiger partial charge in [-0.1, -0.05) is 6.07 Å². The van der Waals surface area contributed by atoms with Gasteiger partial charge in [0.25, 0.3) is 5.91 Å². The number of hydrogen-bond donors (Lipinski definition) is 6. The predicted octanol–water partition coefficient (Wildman–Crippen LogP) is -0.268. The molecule has 0 aromatic heterocycles. The Bertz CT molecular complexity index is 1300. The van der Waals surface area contributed by atoms with Gasteiger partial charge >= 0.3 is 0 Å². The van der Waals surface area contributed by atoms with Crippen LogP contribution in [0.25, 0.3) is 5.76 Å². The molecule has 1 spiro atoms. The number of ether oxygens (including phenoxy) is 1. The SMILES string of the molecule is CC(=O)CONCc1ccc(O)c2c1C[C@H]1C[C@H]3[C@H](N(C)C)C(O)=C(C(N)=O)C4(O)O[C@]34C(=O)C1=C2O. The molecule has 1 amide bonds. The molecule has 7 N–H and O–H groups in total. The van der Waals surface area contributed by atoms with E-state index in [1.807, 2.05) is 0 Å². The molecule has 4 aliphatic rings. The van der Waals surface area contributed by atoms with Gasteiger partial charge in [0.2, 0.25) is 11.6 Å². The average Bonchev–Trinajstić information content (AvgIpc) is 3.42. The number of Topliss-reactive ketones (excluding diaryl/α,β-unsaturated/α-hetero) is 2. The predicted molar refractivity (Wildman–Crippen MR) is 127 cm³/mol. The van der Waals surface area contributed by atoms with Gasteiger partial charge in [-0.2, -0.15) is 5.48 Å². The van der Waals surface area contributed by atoms with Gasteiger partial charge < -0.3 is 30.9 Å². The summed E-state index contributed by atoms with van der Waals surface area (Å²) in [4.78, 5) is 44.1. The molecule has 12 heteroatoms. The van der Waals surface area contributed by atoms with Crippen molar-refractivity contribution >= 4 is 23.2 Å². The zero-order valence-corrected chi connectivity index (χ0v) is 20.6. The fourth-order valence-electron chi connectivity index (χ4n) is 6.37. The topological polar surface area (TPSA) is 195 Å². The largest absolute Gasteiger partial charge is 0.510 e. The number of ketones is 2. The van der Waals surface area contributed by atoms with E-state index in [9.17, 15) is 34.8 Å². The standard InChI is InChI=1S/C25H29N3O9/c1-10(29)9-36-27-8-11-4-5-15(30)17-13(11)6-12-7-14-19(28(2)3)21(32)18(23(26)34)25(35)24(14,37-25)22(33)16(12)20(17)31/h4-5,12,14,19,27,30-32,35H,6-9H2,1-3H3,(H2,26,34)/t12-,14-,19-,24-,25?/m0/s1. The maximum atomic E-state index is 14.0. The lowest BCUT2D eigenvalue weighted by atomic mass is 9.58. The number of carbonyl (C=O) groups excluding carboxylic acids is 3. The molecule has 1 saturated carbocycles. The number of phenols is 1. The number of aliphatic hydroxyl groups excluding tert-OH is 2. The van der Waals surface area contributed by atoms with Crippen LogP contribution in [-0.2, 0) is 36.9 Å². The van der Waals surface area contributed by atoms with E-state index in [0.29, 0.717) is 11.1 Å². The number of nitrogens with one attached hydrogen (secondary N) is 1. The molecule has 1 aromatic rings. The second kappa shape index (κ2) is 8.36. The quantitative estimate of drug-likeness (QED) is 0.159. The molecule has 1 aliphatic heterocycles. The van der Waals surface area contributed by atoms with Gasteiger partial charge in [0.05, 0.1) is 11.6 Å². The van der Waals surface area contributed by atoms with Crippen molar-refractivity contribution in [3.05, 3.63) is 45.7 Å². The summed E-state index contributed by atoms with van der Waals surface area (Å²) >= 11 is 0. The Morgan fingerprint density at radius 2 is 1.97 bits per heavy atom. The van der Waals surface area contributed by atoms with E-state index in [0.717, 1.165) is 0 Å². The van der Waals surface area contributed by atoms with E-state index in [1.54, 1.807) is 25.1 Å². The fraction of sp³-hybridized carbons (Fsp3) is 0.480. The van der Waals surface area contributed by atoms with Crippen LogP contribution in [0.5, 0.6) is 5.75 Å². The molecule has 3 aliphatic carbocycles. The molecular formula is C25H29N3O9. The molecular weight excluding hydrogens is 486 g/mol. The number of aliphatic hydroxyl groups is 3.